The minimum Gasteiger partial charge on any atom is -0.493 e. The molecular formula is C31H28N2O3S. The van der Waals surface area contributed by atoms with E-state index in [1.54, 1.807) is 19.1 Å². The van der Waals surface area contributed by atoms with E-state index in [1.807, 2.05) is 60.7 Å². The molecule has 4 aromatic rings. The molecule has 4 aromatic carbocycles. The Morgan fingerprint density at radius 3 is 2.51 bits per heavy atom. The number of carbonyl (C=O) groups excluding carboxylic acids is 1. The van der Waals surface area contributed by atoms with Gasteiger partial charge in [-0.25, -0.2) is 4.99 Å². The summed E-state index contributed by atoms with van der Waals surface area (Å²) in [5.41, 5.74) is 4.01. The fourth-order valence-corrected chi connectivity index (χ4v) is 5.27. The highest BCUT2D eigenvalue weighted by molar-refractivity contribution is 8.18. The second-order valence-corrected chi connectivity index (χ2v) is 9.70. The van der Waals surface area contributed by atoms with Crippen LogP contribution >= 0.6 is 11.8 Å². The molecule has 0 atom stereocenters. The summed E-state index contributed by atoms with van der Waals surface area (Å²) < 4.78 is 11.8. The summed E-state index contributed by atoms with van der Waals surface area (Å²) in [6.45, 7) is 2.53. The number of aliphatic imine (C=N–C) groups is 1. The lowest BCUT2D eigenvalue weighted by atomic mass is 10.1. The number of carbonyl (C=O) groups is 1. The molecule has 1 amide bonds. The molecule has 0 saturated carbocycles. The first-order valence-electron chi connectivity index (χ1n) is 12.2. The van der Waals surface area contributed by atoms with E-state index >= 15 is 0 Å². The molecule has 0 N–H and O–H groups in total. The Morgan fingerprint density at radius 1 is 0.919 bits per heavy atom. The smallest absolute Gasteiger partial charge is 0.266 e. The standard InChI is InChI=1S/C31H28N2O3S/c1-4-22-10-6-8-15-26(22)32-31-33(2)30(34)29(37-31)19-21-16-17-27(28(18-21)35-3)36-20-24-13-9-12-23-11-5-7-14-25(23)24/h5-19H,4,20H2,1-3H3/b29-19+,32-31?. The van der Waals surface area contributed by atoms with Crippen LogP contribution in [0.4, 0.5) is 5.69 Å². The van der Waals surface area contributed by atoms with E-state index in [0.717, 1.165) is 28.8 Å². The maximum Gasteiger partial charge on any atom is 0.266 e. The van der Waals surface area contributed by atoms with Gasteiger partial charge in [0.1, 0.15) is 6.61 Å². The molecule has 1 saturated heterocycles. The fraction of sp³-hybridized carbons (Fsp3) is 0.161. The van der Waals surface area contributed by atoms with E-state index in [4.69, 9.17) is 14.5 Å². The van der Waals surface area contributed by atoms with Crippen molar-refractivity contribution in [1.29, 1.82) is 0 Å². The topological polar surface area (TPSA) is 51.1 Å². The van der Waals surface area contributed by atoms with Gasteiger partial charge in [-0.3, -0.25) is 9.69 Å². The summed E-state index contributed by atoms with van der Waals surface area (Å²) in [7, 11) is 3.38. The van der Waals surface area contributed by atoms with E-state index in [9.17, 15) is 4.79 Å². The highest BCUT2D eigenvalue weighted by Crippen LogP contribution is 2.36. The molecule has 1 aliphatic rings. The molecule has 5 nitrogen and oxygen atoms in total. The minimum absolute atomic E-state index is 0.0759. The van der Waals surface area contributed by atoms with E-state index in [0.29, 0.717) is 28.2 Å². The average Bonchev–Trinajstić information content (AvgIpc) is 3.20. The summed E-state index contributed by atoms with van der Waals surface area (Å²) in [6, 6.07) is 28.2. The molecule has 0 radical (unpaired) electrons. The van der Waals surface area contributed by atoms with Gasteiger partial charge in [0.2, 0.25) is 0 Å². The number of hydrogen-bond donors (Lipinski definition) is 0. The minimum atomic E-state index is -0.0759. The third kappa shape index (κ3) is 5.25. The summed E-state index contributed by atoms with van der Waals surface area (Å²) in [5.74, 6) is 1.19. The molecule has 0 bridgehead atoms. The van der Waals surface area contributed by atoms with E-state index < -0.39 is 0 Å². The van der Waals surface area contributed by atoms with Gasteiger partial charge in [0.15, 0.2) is 16.7 Å². The number of rotatable bonds is 7. The monoisotopic (exact) mass is 508 g/mol. The van der Waals surface area contributed by atoms with Crippen LogP contribution in [0.1, 0.15) is 23.6 Å². The van der Waals surface area contributed by atoms with Crippen molar-refractivity contribution in [3.8, 4) is 11.5 Å². The van der Waals surface area contributed by atoms with Crippen LogP contribution in [-0.2, 0) is 17.8 Å². The number of likely N-dealkylation sites (N-methyl/N-ethyl adjacent to an activating group) is 1. The van der Waals surface area contributed by atoms with Crippen LogP contribution in [0.5, 0.6) is 11.5 Å². The van der Waals surface area contributed by atoms with Gasteiger partial charge < -0.3 is 9.47 Å². The average molecular weight is 509 g/mol. The Labute approximate surface area is 221 Å². The molecule has 0 aromatic heterocycles. The molecule has 0 spiro atoms. The van der Waals surface area contributed by atoms with E-state index in [1.165, 1.54) is 22.5 Å². The van der Waals surface area contributed by atoms with Gasteiger partial charge in [-0.05, 0) is 69.9 Å². The molecule has 6 heteroatoms. The van der Waals surface area contributed by atoms with Crippen LogP contribution in [-0.4, -0.2) is 30.1 Å². The van der Waals surface area contributed by atoms with Crippen molar-refractivity contribution in [1.82, 2.24) is 4.90 Å². The summed E-state index contributed by atoms with van der Waals surface area (Å²) in [5, 5.41) is 3.02. The van der Waals surface area contributed by atoms with Crippen LogP contribution in [0.2, 0.25) is 0 Å². The van der Waals surface area contributed by atoms with Crippen LogP contribution in [0.15, 0.2) is 94.8 Å². The summed E-state index contributed by atoms with van der Waals surface area (Å²) in [6.07, 6.45) is 2.75. The Balaban J connectivity index is 1.36. The number of fused-ring (bicyclic) bond motifs is 1. The van der Waals surface area contributed by atoms with Gasteiger partial charge in [0, 0.05) is 7.05 Å². The number of methoxy groups -OCH3 is 1. The van der Waals surface area contributed by atoms with E-state index in [2.05, 4.69) is 37.3 Å². The third-order valence-corrected chi connectivity index (χ3v) is 7.40. The molecule has 186 valence electrons. The maximum atomic E-state index is 13.0. The number of hydrogen-bond acceptors (Lipinski definition) is 5. The van der Waals surface area contributed by atoms with Crippen molar-refractivity contribution in [2.75, 3.05) is 14.2 Å². The molecule has 0 aliphatic carbocycles. The van der Waals surface area contributed by atoms with Gasteiger partial charge >= 0.3 is 0 Å². The quantitative estimate of drug-likeness (QED) is 0.247. The highest BCUT2D eigenvalue weighted by Gasteiger charge is 2.30. The van der Waals surface area contributed by atoms with Crippen LogP contribution < -0.4 is 9.47 Å². The molecule has 1 fully saturated rings. The Morgan fingerprint density at radius 2 is 1.68 bits per heavy atom. The zero-order valence-corrected chi connectivity index (χ0v) is 21.9. The second kappa shape index (κ2) is 10.9. The zero-order valence-electron chi connectivity index (χ0n) is 21.1. The number of ether oxygens (including phenoxy) is 2. The Kier molecular flexibility index (Phi) is 7.28. The SMILES string of the molecule is CCc1ccccc1N=C1S/C(=C/c2ccc(OCc3cccc4ccccc34)c(OC)c2)C(=O)N1C. The first kappa shape index (κ1) is 24.7. The molecule has 1 heterocycles. The third-order valence-electron chi connectivity index (χ3n) is 6.34. The van der Waals surface area contributed by atoms with Crippen molar-refractivity contribution in [2.45, 2.75) is 20.0 Å². The molecular weight excluding hydrogens is 480 g/mol. The normalized spacial score (nSPS) is 15.6. The molecule has 0 unspecified atom stereocenters. The number of nitrogens with zero attached hydrogens (tertiary/aromatic N) is 2. The van der Waals surface area contributed by atoms with Crippen molar-refractivity contribution in [2.24, 2.45) is 4.99 Å². The summed E-state index contributed by atoms with van der Waals surface area (Å²) in [4.78, 5) is 19.9. The van der Waals surface area contributed by atoms with Gasteiger partial charge in [-0.15, -0.1) is 0 Å². The Bertz CT molecular complexity index is 1520. The maximum absolute atomic E-state index is 13.0. The van der Waals surface area contributed by atoms with Crippen molar-refractivity contribution >= 4 is 45.4 Å². The van der Waals surface area contributed by atoms with Gasteiger partial charge in [-0.2, -0.15) is 0 Å². The first-order chi connectivity index (χ1) is 18.1. The largest absolute Gasteiger partial charge is 0.493 e. The molecule has 5 rings (SSSR count). The van der Waals surface area contributed by atoms with Crippen molar-refractivity contribution < 1.29 is 14.3 Å². The highest BCUT2D eigenvalue weighted by atomic mass is 32.2. The number of amides is 1. The van der Waals surface area contributed by atoms with Crippen molar-refractivity contribution in [3.05, 3.63) is 107 Å². The van der Waals surface area contributed by atoms with E-state index in [-0.39, 0.29) is 5.91 Å². The number of thioether (sulfide) groups is 1. The van der Waals surface area contributed by atoms with Crippen LogP contribution in [0.3, 0.4) is 0 Å². The van der Waals surface area contributed by atoms with Gasteiger partial charge in [0.25, 0.3) is 5.91 Å². The number of amidine groups is 1. The first-order valence-corrected chi connectivity index (χ1v) is 13.0. The molecule has 37 heavy (non-hydrogen) atoms. The van der Waals surface area contributed by atoms with Gasteiger partial charge in [0.05, 0.1) is 17.7 Å². The number of aryl methyl sites for hydroxylation is 1. The lowest BCUT2D eigenvalue weighted by molar-refractivity contribution is -0.121. The summed E-state index contributed by atoms with van der Waals surface area (Å²) >= 11 is 1.38. The predicted molar refractivity (Wildman–Crippen MR) is 153 cm³/mol. The van der Waals surface area contributed by atoms with Gasteiger partial charge in [-0.1, -0.05) is 73.7 Å². The number of para-hydroxylation sites is 1. The predicted octanol–water partition coefficient (Wildman–Crippen LogP) is 7.22. The lowest BCUT2D eigenvalue weighted by Crippen LogP contribution is -2.23. The molecule has 1 aliphatic heterocycles. The fourth-order valence-electron chi connectivity index (χ4n) is 4.29. The van der Waals surface area contributed by atoms with Crippen molar-refractivity contribution in [3.63, 3.8) is 0 Å². The Hall–Kier alpha value is -4.03. The number of benzene rings is 4. The van der Waals surface area contributed by atoms with Crippen LogP contribution in [0, 0.1) is 0 Å². The zero-order chi connectivity index (χ0) is 25.8. The lowest BCUT2D eigenvalue weighted by Gasteiger charge is -2.13. The second-order valence-electron chi connectivity index (χ2n) is 8.69. The van der Waals surface area contributed by atoms with Crippen LogP contribution in [0.25, 0.3) is 16.8 Å².